The van der Waals surface area contributed by atoms with Crippen LogP contribution in [0.15, 0.2) is 46.9 Å². The standard InChI is InChI=1S/C17H18BrFN2O2/c1-21(10-12-8-13(18)6-7-16(12)23-2)11-17(22)20-15-5-3-4-14(19)9-15/h3-9H,10-11H2,1-2H3,(H,20,22). The van der Waals surface area contributed by atoms with E-state index in [1.165, 1.54) is 12.1 Å². The summed E-state index contributed by atoms with van der Waals surface area (Å²) in [5.41, 5.74) is 1.42. The molecule has 1 amide bonds. The Morgan fingerprint density at radius 1 is 1.30 bits per heavy atom. The molecule has 2 aromatic carbocycles. The SMILES string of the molecule is COc1ccc(Br)cc1CN(C)CC(=O)Nc1cccc(F)c1. The van der Waals surface area contributed by atoms with Gasteiger partial charge in [-0.15, -0.1) is 0 Å². The van der Waals surface area contributed by atoms with Crippen LogP contribution in [0.1, 0.15) is 5.56 Å². The second kappa shape index (κ2) is 8.08. The first-order valence-electron chi connectivity index (χ1n) is 7.04. The molecule has 0 atom stereocenters. The Balaban J connectivity index is 1.95. The number of halogens is 2. The van der Waals surface area contributed by atoms with Crippen molar-refractivity contribution in [2.45, 2.75) is 6.54 Å². The third-order valence-electron chi connectivity index (χ3n) is 3.20. The molecule has 0 bridgehead atoms. The zero-order valence-corrected chi connectivity index (χ0v) is 14.6. The Morgan fingerprint density at radius 2 is 2.09 bits per heavy atom. The number of rotatable bonds is 6. The van der Waals surface area contributed by atoms with Crippen molar-refractivity contribution in [2.75, 3.05) is 26.0 Å². The monoisotopic (exact) mass is 380 g/mol. The van der Waals surface area contributed by atoms with Crippen molar-refractivity contribution >= 4 is 27.5 Å². The highest BCUT2D eigenvalue weighted by atomic mass is 79.9. The number of carbonyl (C=O) groups excluding carboxylic acids is 1. The number of hydrogen-bond donors (Lipinski definition) is 1. The van der Waals surface area contributed by atoms with Gasteiger partial charge in [0.2, 0.25) is 5.91 Å². The fourth-order valence-electron chi connectivity index (χ4n) is 2.23. The molecule has 0 aromatic heterocycles. The fraction of sp³-hybridized carbons (Fsp3) is 0.235. The summed E-state index contributed by atoms with van der Waals surface area (Å²) < 4.78 is 19.4. The zero-order valence-electron chi connectivity index (χ0n) is 13.0. The van der Waals surface area contributed by atoms with E-state index < -0.39 is 0 Å². The van der Waals surface area contributed by atoms with Gasteiger partial charge in [-0.3, -0.25) is 9.69 Å². The number of likely N-dealkylation sites (N-methyl/N-ethyl adjacent to an activating group) is 1. The van der Waals surface area contributed by atoms with Crippen LogP contribution in [0, 0.1) is 5.82 Å². The number of methoxy groups -OCH3 is 1. The van der Waals surface area contributed by atoms with Gasteiger partial charge in [-0.2, -0.15) is 0 Å². The van der Waals surface area contributed by atoms with Crippen LogP contribution in [0.4, 0.5) is 10.1 Å². The van der Waals surface area contributed by atoms with Crippen LogP contribution in [-0.4, -0.2) is 31.5 Å². The lowest BCUT2D eigenvalue weighted by Crippen LogP contribution is -2.30. The van der Waals surface area contributed by atoms with E-state index in [1.54, 1.807) is 19.2 Å². The third-order valence-corrected chi connectivity index (χ3v) is 3.70. The quantitative estimate of drug-likeness (QED) is 0.831. The van der Waals surface area contributed by atoms with E-state index in [0.29, 0.717) is 12.2 Å². The van der Waals surface area contributed by atoms with Crippen molar-refractivity contribution in [3.05, 3.63) is 58.3 Å². The van der Waals surface area contributed by atoms with Crippen molar-refractivity contribution in [3.63, 3.8) is 0 Å². The van der Waals surface area contributed by atoms with Crippen molar-refractivity contribution in [1.29, 1.82) is 0 Å². The molecule has 4 nitrogen and oxygen atoms in total. The van der Waals surface area contributed by atoms with E-state index in [0.717, 1.165) is 15.8 Å². The van der Waals surface area contributed by atoms with Gasteiger partial charge in [-0.05, 0) is 43.4 Å². The lowest BCUT2D eigenvalue weighted by molar-refractivity contribution is -0.117. The van der Waals surface area contributed by atoms with Gasteiger partial charge in [-0.25, -0.2) is 4.39 Å². The molecule has 23 heavy (non-hydrogen) atoms. The molecule has 0 fully saturated rings. The highest BCUT2D eigenvalue weighted by Crippen LogP contribution is 2.24. The van der Waals surface area contributed by atoms with Crippen molar-refractivity contribution in [3.8, 4) is 5.75 Å². The Kier molecular flexibility index (Phi) is 6.12. The molecule has 122 valence electrons. The van der Waals surface area contributed by atoms with Crippen LogP contribution < -0.4 is 10.1 Å². The summed E-state index contributed by atoms with van der Waals surface area (Å²) >= 11 is 3.43. The summed E-state index contributed by atoms with van der Waals surface area (Å²) in [5, 5.41) is 2.68. The average Bonchev–Trinajstić information content (AvgIpc) is 2.47. The predicted octanol–water partition coefficient (Wildman–Crippen LogP) is 3.67. The van der Waals surface area contributed by atoms with Gasteiger partial charge in [-0.1, -0.05) is 22.0 Å². The van der Waals surface area contributed by atoms with Crippen LogP contribution in [0.25, 0.3) is 0 Å². The fourth-order valence-corrected chi connectivity index (χ4v) is 2.64. The lowest BCUT2D eigenvalue weighted by atomic mass is 10.2. The van der Waals surface area contributed by atoms with Gasteiger partial charge in [0.1, 0.15) is 11.6 Å². The smallest absolute Gasteiger partial charge is 0.238 e. The van der Waals surface area contributed by atoms with Crippen LogP contribution in [-0.2, 0) is 11.3 Å². The number of anilines is 1. The molecule has 0 heterocycles. The minimum atomic E-state index is -0.380. The zero-order chi connectivity index (χ0) is 16.8. The number of amides is 1. The van der Waals surface area contributed by atoms with E-state index in [9.17, 15) is 9.18 Å². The number of nitrogens with zero attached hydrogens (tertiary/aromatic N) is 1. The molecule has 2 rings (SSSR count). The van der Waals surface area contributed by atoms with Crippen molar-refractivity contribution < 1.29 is 13.9 Å². The number of benzene rings is 2. The summed E-state index contributed by atoms with van der Waals surface area (Å²) in [6, 6.07) is 11.6. The summed E-state index contributed by atoms with van der Waals surface area (Å²) in [4.78, 5) is 13.9. The summed E-state index contributed by atoms with van der Waals surface area (Å²) in [6.07, 6.45) is 0. The highest BCUT2D eigenvalue weighted by Gasteiger charge is 2.11. The first-order valence-corrected chi connectivity index (χ1v) is 7.83. The van der Waals surface area contributed by atoms with Crippen molar-refractivity contribution in [2.24, 2.45) is 0 Å². The first-order chi connectivity index (χ1) is 11.0. The molecule has 0 spiro atoms. The van der Waals surface area contributed by atoms with Gasteiger partial charge >= 0.3 is 0 Å². The van der Waals surface area contributed by atoms with Crippen LogP contribution >= 0.6 is 15.9 Å². The highest BCUT2D eigenvalue weighted by molar-refractivity contribution is 9.10. The molecule has 2 aromatic rings. The molecule has 0 saturated heterocycles. The van der Waals surface area contributed by atoms with Crippen LogP contribution in [0.2, 0.25) is 0 Å². The summed E-state index contributed by atoms with van der Waals surface area (Å²) in [5.74, 6) is 0.188. The van der Waals surface area contributed by atoms with Gasteiger partial charge in [0.15, 0.2) is 0 Å². The Labute approximate surface area is 143 Å². The number of hydrogen-bond acceptors (Lipinski definition) is 3. The third kappa shape index (κ3) is 5.33. The molecule has 1 N–H and O–H groups in total. The maximum atomic E-state index is 13.1. The molecule has 0 aliphatic carbocycles. The second-order valence-electron chi connectivity index (χ2n) is 5.19. The molecule has 0 saturated carbocycles. The Hall–Kier alpha value is -1.92. The Bertz CT molecular complexity index is 694. The minimum absolute atomic E-state index is 0.187. The lowest BCUT2D eigenvalue weighted by Gasteiger charge is -2.18. The van der Waals surface area contributed by atoms with Crippen molar-refractivity contribution in [1.82, 2.24) is 4.90 Å². The maximum Gasteiger partial charge on any atom is 0.238 e. The van der Waals surface area contributed by atoms with Gasteiger partial charge in [0, 0.05) is 22.3 Å². The van der Waals surface area contributed by atoms with Crippen LogP contribution in [0.5, 0.6) is 5.75 Å². The minimum Gasteiger partial charge on any atom is -0.496 e. The van der Waals surface area contributed by atoms with Gasteiger partial charge < -0.3 is 10.1 Å². The van der Waals surface area contributed by atoms with Gasteiger partial charge in [0.25, 0.3) is 0 Å². The molecule has 0 aliphatic rings. The summed E-state index contributed by atoms with van der Waals surface area (Å²) in [7, 11) is 3.45. The number of carbonyl (C=O) groups is 1. The molecule has 0 aliphatic heterocycles. The molecular weight excluding hydrogens is 363 g/mol. The Morgan fingerprint density at radius 3 is 2.78 bits per heavy atom. The molecule has 0 radical (unpaired) electrons. The number of nitrogens with one attached hydrogen (secondary N) is 1. The van der Waals surface area contributed by atoms with E-state index >= 15 is 0 Å². The predicted molar refractivity (Wildman–Crippen MR) is 92.1 cm³/mol. The molecule has 6 heteroatoms. The largest absolute Gasteiger partial charge is 0.496 e. The average molecular weight is 381 g/mol. The number of ether oxygens (including phenoxy) is 1. The summed E-state index contributed by atoms with van der Waals surface area (Å²) in [6.45, 7) is 0.741. The first kappa shape index (κ1) is 17.4. The van der Waals surface area contributed by atoms with E-state index in [2.05, 4.69) is 21.2 Å². The normalized spacial score (nSPS) is 10.7. The van der Waals surface area contributed by atoms with Gasteiger partial charge in [0.05, 0.1) is 13.7 Å². The van der Waals surface area contributed by atoms with E-state index in [1.807, 2.05) is 30.1 Å². The molecule has 0 unspecified atom stereocenters. The van der Waals surface area contributed by atoms with Crippen LogP contribution in [0.3, 0.4) is 0 Å². The molecular formula is C17H18BrFN2O2. The van der Waals surface area contributed by atoms with E-state index in [4.69, 9.17) is 4.74 Å². The second-order valence-corrected chi connectivity index (χ2v) is 6.10. The van der Waals surface area contributed by atoms with E-state index in [-0.39, 0.29) is 18.3 Å². The maximum absolute atomic E-state index is 13.1. The topological polar surface area (TPSA) is 41.6 Å².